The van der Waals surface area contributed by atoms with Crippen LogP contribution in [0.25, 0.3) is 10.9 Å². The smallest absolute Gasteiger partial charge is 0.247 e. The first kappa shape index (κ1) is 25.5. The molecule has 2 aromatic carbocycles. The monoisotopic (exact) mass is 507 g/mol. The van der Waals surface area contributed by atoms with Crippen molar-refractivity contribution in [2.75, 3.05) is 43.4 Å². The van der Waals surface area contributed by atoms with Gasteiger partial charge in [0.2, 0.25) is 5.91 Å². The van der Waals surface area contributed by atoms with Gasteiger partial charge in [-0.1, -0.05) is 18.2 Å². The van der Waals surface area contributed by atoms with E-state index in [1.807, 2.05) is 12.1 Å². The number of anilines is 3. The van der Waals surface area contributed by atoms with Crippen molar-refractivity contribution in [2.45, 2.75) is 19.4 Å². The second kappa shape index (κ2) is 10.6. The molecule has 3 aromatic rings. The Kier molecular flexibility index (Phi) is 7.50. The fourth-order valence-electron chi connectivity index (χ4n) is 4.44. The molecule has 1 fully saturated rings. The number of piperazine rings is 1. The Bertz CT molecular complexity index is 1350. The van der Waals surface area contributed by atoms with E-state index in [4.69, 9.17) is 16.9 Å². The number of hydrogen-bond acceptors (Lipinski definition) is 7. The highest BCUT2D eigenvalue weighted by atomic mass is 35.5. The van der Waals surface area contributed by atoms with Gasteiger partial charge >= 0.3 is 0 Å². The minimum Gasteiger partial charge on any atom is -0.340 e. The third-order valence-corrected chi connectivity index (χ3v) is 6.81. The van der Waals surface area contributed by atoms with Crippen LogP contribution in [0.15, 0.2) is 49.3 Å². The molecule has 8 nitrogen and oxygen atoms in total. The van der Waals surface area contributed by atoms with Gasteiger partial charge in [-0.3, -0.25) is 14.6 Å². The minimum absolute atomic E-state index is 0.00352. The number of fused-ring (bicyclic) bond motifs is 1. The van der Waals surface area contributed by atoms with Crippen molar-refractivity contribution >= 4 is 45.6 Å². The van der Waals surface area contributed by atoms with Gasteiger partial charge in [0.25, 0.3) is 0 Å². The first-order valence-electron chi connectivity index (χ1n) is 11.5. The van der Waals surface area contributed by atoms with E-state index in [1.54, 1.807) is 6.07 Å². The van der Waals surface area contributed by atoms with Crippen LogP contribution in [-0.4, -0.2) is 58.4 Å². The molecule has 2 heterocycles. The van der Waals surface area contributed by atoms with Crippen LogP contribution in [-0.2, 0) is 10.3 Å². The molecule has 1 saturated heterocycles. The second-order valence-corrected chi connectivity index (χ2v) is 9.47. The number of benzene rings is 2. The predicted molar refractivity (Wildman–Crippen MR) is 140 cm³/mol. The van der Waals surface area contributed by atoms with Crippen molar-refractivity contribution in [2.24, 2.45) is 0 Å². The van der Waals surface area contributed by atoms with Gasteiger partial charge in [-0.25, -0.2) is 14.4 Å². The number of nitrogens with one attached hydrogen (secondary N) is 2. The van der Waals surface area contributed by atoms with E-state index in [0.29, 0.717) is 34.6 Å². The summed E-state index contributed by atoms with van der Waals surface area (Å²) < 4.78 is 13.6. The van der Waals surface area contributed by atoms with E-state index >= 15 is 0 Å². The molecule has 0 unspecified atom stereocenters. The molecule has 0 radical (unpaired) electrons. The number of carbonyl (C=O) groups excluding carboxylic acids is 1. The van der Waals surface area contributed by atoms with Crippen LogP contribution in [0, 0.1) is 17.1 Å². The topological polar surface area (TPSA) is 97.2 Å². The molecule has 1 aliphatic heterocycles. The molecule has 186 valence electrons. The van der Waals surface area contributed by atoms with Crippen molar-refractivity contribution in [3.8, 4) is 6.07 Å². The highest BCUT2D eigenvalue weighted by Gasteiger charge is 2.34. The zero-order chi connectivity index (χ0) is 25.9. The quantitative estimate of drug-likeness (QED) is 0.354. The molecule has 1 amide bonds. The first-order chi connectivity index (χ1) is 17.2. The maximum absolute atomic E-state index is 13.6. The Morgan fingerprint density at radius 3 is 2.67 bits per heavy atom. The molecule has 0 atom stereocenters. The second-order valence-electron chi connectivity index (χ2n) is 9.06. The summed E-state index contributed by atoms with van der Waals surface area (Å²) in [5.74, 6) is -0.349. The van der Waals surface area contributed by atoms with E-state index in [0.717, 1.165) is 31.7 Å². The Hall–Kier alpha value is -3.58. The maximum Gasteiger partial charge on any atom is 0.247 e. The summed E-state index contributed by atoms with van der Waals surface area (Å²) >= 11 is 5.94. The summed E-state index contributed by atoms with van der Waals surface area (Å²) in [7, 11) is 0. The van der Waals surface area contributed by atoms with E-state index in [9.17, 15) is 9.18 Å². The highest BCUT2D eigenvalue weighted by Crippen LogP contribution is 2.38. The summed E-state index contributed by atoms with van der Waals surface area (Å²) in [6.45, 7) is 11.4. The SMILES string of the molecule is C=CC(=O)Nc1cc2c(Nc3ccc(F)c(Cl)c3)ncnc2cc1C(C)(C)N1CCN(CC#N)CC1. The Morgan fingerprint density at radius 2 is 2.00 bits per heavy atom. The van der Waals surface area contributed by atoms with E-state index < -0.39 is 11.4 Å². The van der Waals surface area contributed by atoms with Crippen LogP contribution < -0.4 is 10.6 Å². The van der Waals surface area contributed by atoms with E-state index in [2.05, 4.69) is 56.9 Å². The predicted octanol–water partition coefficient (Wildman–Crippen LogP) is 4.67. The number of carbonyl (C=O) groups is 1. The molecule has 0 bridgehead atoms. The summed E-state index contributed by atoms with van der Waals surface area (Å²) in [6, 6.07) is 10.3. The molecule has 4 rings (SSSR count). The molecule has 0 spiro atoms. The zero-order valence-electron chi connectivity index (χ0n) is 20.2. The normalized spacial score (nSPS) is 14.9. The van der Waals surface area contributed by atoms with Crippen LogP contribution in [0.3, 0.4) is 0 Å². The molecule has 1 aromatic heterocycles. The molecule has 1 aliphatic rings. The van der Waals surface area contributed by atoms with Crippen molar-refractivity contribution in [1.29, 1.82) is 5.26 Å². The molecule has 36 heavy (non-hydrogen) atoms. The standard InChI is InChI=1S/C26H27ClFN7O/c1-4-24(36)33-23-14-18-22(30-16-31-25(18)32-17-5-6-21(28)20(27)13-17)15-19(23)26(2,3)35-11-9-34(8-7-29)10-12-35/h4-6,13-16H,1,8-12H2,2-3H3,(H,33,36)(H,30,31,32). The van der Waals surface area contributed by atoms with Gasteiger partial charge < -0.3 is 10.6 Å². The van der Waals surface area contributed by atoms with Crippen LogP contribution in [0.2, 0.25) is 5.02 Å². The molecule has 0 saturated carbocycles. The van der Waals surface area contributed by atoms with Gasteiger partial charge in [0.1, 0.15) is 18.0 Å². The van der Waals surface area contributed by atoms with Gasteiger partial charge in [-0.15, -0.1) is 0 Å². The van der Waals surface area contributed by atoms with Crippen molar-refractivity contribution in [3.63, 3.8) is 0 Å². The van der Waals surface area contributed by atoms with E-state index in [1.165, 1.54) is 24.5 Å². The molecule has 0 aliphatic carbocycles. The number of rotatable bonds is 7. The maximum atomic E-state index is 13.6. The summed E-state index contributed by atoms with van der Waals surface area (Å²) in [4.78, 5) is 25.7. The summed E-state index contributed by atoms with van der Waals surface area (Å²) in [6.07, 6.45) is 2.68. The Morgan fingerprint density at radius 1 is 1.25 bits per heavy atom. The van der Waals surface area contributed by atoms with Crippen molar-refractivity contribution in [3.05, 3.63) is 65.7 Å². The average molecular weight is 508 g/mol. The number of aromatic nitrogens is 2. The third kappa shape index (κ3) is 5.31. The fourth-order valence-corrected chi connectivity index (χ4v) is 4.62. The number of hydrogen-bond donors (Lipinski definition) is 2. The summed E-state index contributed by atoms with van der Waals surface area (Å²) in [5.41, 5.74) is 2.32. The van der Waals surface area contributed by atoms with Crippen molar-refractivity contribution in [1.82, 2.24) is 19.8 Å². The van der Waals surface area contributed by atoms with Gasteiger partial charge in [0, 0.05) is 48.5 Å². The van der Waals surface area contributed by atoms with Gasteiger partial charge in [-0.2, -0.15) is 5.26 Å². The lowest BCUT2D eigenvalue weighted by Gasteiger charge is -2.44. The lowest BCUT2D eigenvalue weighted by Crippen LogP contribution is -2.53. The Labute approximate surface area is 214 Å². The molecular weight excluding hydrogens is 481 g/mol. The number of nitrogens with zero attached hydrogens (tertiary/aromatic N) is 5. The Balaban J connectivity index is 1.75. The van der Waals surface area contributed by atoms with Crippen LogP contribution >= 0.6 is 11.6 Å². The molecular formula is C26H27ClFN7O. The van der Waals surface area contributed by atoms with Crippen LogP contribution in [0.1, 0.15) is 19.4 Å². The minimum atomic E-state index is -0.510. The number of halogens is 2. The van der Waals surface area contributed by atoms with Gasteiger partial charge in [-0.05, 0) is 55.8 Å². The van der Waals surface area contributed by atoms with Gasteiger partial charge in [0.15, 0.2) is 0 Å². The highest BCUT2D eigenvalue weighted by molar-refractivity contribution is 6.31. The number of amides is 1. The van der Waals surface area contributed by atoms with Crippen LogP contribution in [0.5, 0.6) is 0 Å². The third-order valence-electron chi connectivity index (χ3n) is 6.52. The lowest BCUT2D eigenvalue weighted by molar-refractivity contribution is -0.111. The molecule has 10 heteroatoms. The number of nitriles is 1. The summed E-state index contributed by atoms with van der Waals surface area (Å²) in [5, 5.41) is 15.8. The average Bonchev–Trinajstić information content (AvgIpc) is 2.86. The largest absolute Gasteiger partial charge is 0.340 e. The van der Waals surface area contributed by atoms with E-state index in [-0.39, 0.29) is 10.9 Å². The first-order valence-corrected chi connectivity index (χ1v) is 11.9. The van der Waals surface area contributed by atoms with Gasteiger partial charge in [0.05, 0.1) is 23.2 Å². The van der Waals surface area contributed by atoms with Crippen molar-refractivity contribution < 1.29 is 9.18 Å². The zero-order valence-corrected chi connectivity index (χ0v) is 20.9. The fraction of sp³-hybridized carbons (Fsp3) is 0.308. The van der Waals surface area contributed by atoms with Crippen LogP contribution in [0.4, 0.5) is 21.6 Å². The molecule has 2 N–H and O–H groups in total. The lowest BCUT2D eigenvalue weighted by atomic mass is 9.88.